The first kappa shape index (κ1) is 16.4. The Morgan fingerprint density at radius 1 is 1.16 bits per heavy atom. The van der Waals surface area contributed by atoms with Crippen LogP contribution in [0.1, 0.15) is 45.9 Å². The van der Waals surface area contributed by atoms with Gasteiger partial charge >= 0.3 is 5.97 Å². The summed E-state index contributed by atoms with van der Waals surface area (Å²) < 4.78 is 0. The summed E-state index contributed by atoms with van der Waals surface area (Å²) in [5, 5.41) is 11.9. The molecule has 1 aliphatic rings. The molecule has 1 N–H and O–H groups in total. The predicted octanol–water partition coefficient (Wildman–Crippen LogP) is 5.71. The van der Waals surface area contributed by atoms with Crippen molar-refractivity contribution in [1.82, 2.24) is 4.98 Å². The molecule has 0 amide bonds. The molecular weight excluding hydrogens is 357 g/mol. The molecule has 4 rings (SSSR count). The van der Waals surface area contributed by atoms with Crippen LogP contribution < -0.4 is 0 Å². The largest absolute Gasteiger partial charge is 0.477 e. The molecule has 3 nitrogen and oxygen atoms in total. The van der Waals surface area contributed by atoms with Crippen LogP contribution >= 0.6 is 23.2 Å². The molecule has 0 radical (unpaired) electrons. The van der Waals surface area contributed by atoms with Gasteiger partial charge in [-0.25, -0.2) is 9.78 Å². The molecule has 1 aromatic heterocycles. The van der Waals surface area contributed by atoms with Gasteiger partial charge in [0.05, 0.1) is 5.52 Å². The maximum absolute atomic E-state index is 11.8. The predicted molar refractivity (Wildman–Crippen MR) is 99.9 cm³/mol. The Bertz CT molecular complexity index is 996. The molecule has 1 heterocycles. The third-order valence-electron chi connectivity index (χ3n) is 4.61. The van der Waals surface area contributed by atoms with E-state index in [0.717, 1.165) is 34.9 Å². The number of aromatic carboxylic acids is 1. The van der Waals surface area contributed by atoms with Gasteiger partial charge in [-0.1, -0.05) is 41.4 Å². The maximum atomic E-state index is 11.8. The number of carboxylic acids is 1. The number of nitrogens with zero attached hydrogens (tertiary/aromatic N) is 1. The van der Waals surface area contributed by atoms with Crippen LogP contribution in [-0.2, 0) is 6.42 Å². The number of aromatic nitrogens is 1. The zero-order valence-corrected chi connectivity index (χ0v) is 14.8. The third kappa shape index (κ3) is 3.10. The van der Waals surface area contributed by atoms with E-state index in [0.29, 0.717) is 22.0 Å². The van der Waals surface area contributed by atoms with Crippen molar-refractivity contribution in [3.8, 4) is 0 Å². The molecule has 126 valence electrons. The molecule has 1 saturated carbocycles. The van der Waals surface area contributed by atoms with Crippen molar-refractivity contribution in [2.24, 2.45) is 0 Å². The zero-order chi connectivity index (χ0) is 17.6. The van der Waals surface area contributed by atoms with Gasteiger partial charge in [-0.3, -0.25) is 0 Å². The average molecular weight is 372 g/mol. The van der Waals surface area contributed by atoms with Gasteiger partial charge in [0.25, 0.3) is 0 Å². The summed E-state index contributed by atoms with van der Waals surface area (Å²) in [6.07, 6.45) is 2.54. The molecule has 0 aliphatic heterocycles. The second-order valence-corrected chi connectivity index (χ2v) is 7.21. The lowest BCUT2D eigenvalue weighted by Crippen LogP contribution is -2.10. The molecular formula is C20H15Cl2NO2. The number of hydrogen-bond donors (Lipinski definition) is 1. The van der Waals surface area contributed by atoms with Crippen molar-refractivity contribution >= 4 is 40.1 Å². The van der Waals surface area contributed by atoms with Gasteiger partial charge in [-0.05, 0) is 66.1 Å². The van der Waals surface area contributed by atoms with Crippen molar-refractivity contribution in [2.45, 2.75) is 25.2 Å². The fraction of sp³-hybridized carbons (Fsp3) is 0.200. The third-order valence-corrected chi connectivity index (χ3v) is 5.21. The molecule has 1 fully saturated rings. The van der Waals surface area contributed by atoms with E-state index in [1.807, 2.05) is 30.3 Å². The van der Waals surface area contributed by atoms with Crippen molar-refractivity contribution in [3.05, 3.63) is 74.9 Å². The number of hydrogen-bond acceptors (Lipinski definition) is 2. The van der Waals surface area contributed by atoms with Crippen molar-refractivity contribution in [1.29, 1.82) is 0 Å². The maximum Gasteiger partial charge on any atom is 0.354 e. The summed E-state index contributed by atoms with van der Waals surface area (Å²) in [7, 11) is 0. The molecule has 0 bridgehead atoms. The Morgan fingerprint density at radius 3 is 2.60 bits per heavy atom. The fourth-order valence-corrected chi connectivity index (χ4v) is 3.69. The van der Waals surface area contributed by atoms with E-state index in [1.54, 1.807) is 12.1 Å². The number of carboxylic acid groups (broad SMARTS) is 1. The van der Waals surface area contributed by atoms with Crippen LogP contribution in [0.2, 0.25) is 10.0 Å². The molecule has 0 saturated heterocycles. The second-order valence-electron chi connectivity index (χ2n) is 6.36. The molecule has 1 aliphatic carbocycles. The first-order chi connectivity index (χ1) is 12.0. The smallest absolute Gasteiger partial charge is 0.354 e. The minimum absolute atomic E-state index is 0.152. The van der Waals surface area contributed by atoms with Gasteiger partial charge < -0.3 is 5.11 Å². The molecule has 25 heavy (non-hydrogen) atoms. The highest BCUT2D eigenvalue weighted by Crippen LogP contribution is 2.45. The number of pyridine rings is 1. The lowest BCUT2D eigenvalue weighted by atomic mass is 9.92. The number of fused-ring (bicyclic) bond motifs is 1. The van der Waals surface area contributed by atoms with Crippen LogP contribution in [0.3, 0.4) is 0 Å². The van der Waals surface area contributed by atoms with Crippen LogP contribution in [-0.4, -0.2) is 16.1 Å². The highest BCUT2D eigenvalue weighted by atomic mass is 35.5. The van der Waals surface area contributed by atoms with E-state index < -0.39 is 5.97 Å². The Hall–Kier alpha value is -2.10. The average Bonchev–Trinajstić information content (AvgIpc) is 3.41. The van der Waals surface area contributed by atoms with Crippen LogP contribution in [0.5, 0.6) is 0 Å². The molecule has 3 aromatic rings. The van der Waals surface area contributed by atoms with Crippen LogP contribution in [0.25, 0.3) is 10.9 Å². The lowest BCUT2D eigenvalue weighted by molar-refractivity contribution is 0.0689. The summed E-state index contributed by atoms with van der Waals surface area (Å²) in [6.45, 7) is 0. The summed E-state index contributed by atoms with van der Waals surface area (Å²) in [5.41, 5.74) is 3.57. The SMILES string of the molecule is O=C(O)c1nc2ccc(Cl)cc2c(Cc2ccccc2Cl)c1C1CC1. The van der Waals surface area contributed by atoms with Gasteiger partial charge in [0.15, 0.2) is 5.69 Å². The Kier molecular flexibility index (Phi) is 4.14. The molecule has 0 unspecified atom stereocenters. The zero-order valence-electron chi connectivity index (χ0n) is 13.3. The highest BCUT2D eigenvalue weighted by molar-refractivity contribution is 6.31. The number of halogens is 2. The van der Waals surface area contributed by atoms with E-state index in [1.165, 1.54) is 0 Å². The van der Waals surface area contributed by atoms with Crippen molar-refractivity contribution in [3.63, 3.8) is 0 Å². The van der Waals surface area contributed by atoms with Crippen molar-refractivity contribution < 1.29 is 9.90 Å². The van der Waals surface area contributed by atoms with E-state index in [4.69, 9.17) is 23.2 Å². The number of rotatable bonds is 4. The summed E-state index contributed by atoms with van der Waals surface area (Å²) >= 11 is 12.6. The van der Waals surface area contributed by atoms with E-state index >= 15 is 0 Å². The van der Waals surface area contributed by atoms with Crippen LogP contribution in [0, 0.1) is 0 Å². The highest BCUT2D eigenvalue weighted by Gasteiger charge is 2.33. The minimum atomic E-state index is -0.987. The standard InChI is InChI=1S/C20H15Cl2NO2/c21-13-7-8-17-14(10-13)15(9-12-3-1-2-4-16(12)22)18(11-5-6-11)19(23-17)20(24)25/h1-4,7-8,10-11H,5-6,9H2,(H,24,25). The first-order valence-corrected chi connectivity index (χ1v) is 8.89. The van der Waals surface area contributed by atoms with Crippen LogP contribution in [0.15, 0.2) is 42.5 Å². The quantitative estimate of drug-likeness (QED) is 0.638. The number of carbonyl (C=O) groups is 1. The molecule has 0 atom stereocenters. The lowest BCUT2D eigenvalue weighted by Gasteiger charge is -2.16. The minimum Gasteiger partial charge on any atom is -0.477 e. The topological polar surface area (TPSA) is 50.2 Å². The second kappa shape index (κ2) is 6.32. The fourth-order valence-electron chi connectivity index (χ4n) is 3.31. The molecule has 2 aromatic carbocycles. The summed E-state index contributed by atoms with van der Waals surface area (Å²) in [6, 6.07) is 13.0. The van der Waals surface area contributed by atoms with Crippen molar-refractivity contribution in [2.75, 3.05) is 0 Å². The van der Waals surface area contributed by atoms with Gasteiger partial charge in [-0.15, -0.1) is 0 Å². The normalized spacial score (nSPS) is 14.0. The first-order valence-electron chi connectivity index (χ1n) is 8.13. The van der Waals surface area contributed by atoms with E-state index in [9.17, 15) is 9.90 Å². The van der Waals surface area contributed by atoms with Gasteiger partial charge in [-0.2, -0.15) is 0 Å². The van der Waals surface area contributed by atoms with Gasteiger partial charge in [0.2, 0.25) is 0 Å². The molecule has 5 heteroatoms. The molecule has 0 spiro atoms. The Morgan fingerprint density at radius 2 is 1.92 bits per heavy atom. The van der Waals surface area contributed by atoms with Gasteiger partial charge in [0, 0.05) is 15.4 Å². The Labute approximate surface area is 155 Å². The van der Waals surface area contributed by atoms with E-state index in [-0.39, 0.29) is 11.6 Å². The van der Waals surface area contributed by atoms with Crippen LogP contribution in [0.4, 0.5) is 0 Å². The van der Waals surface area contributed by atoms with Gasteiger partial charge in [0.1, 0.15) is 0 Å². The Balaban J connectivity index is 2.01. The van der Waals surface area contributed by atoms with E-state index in [2.05, 4.69) is 4.98 Å². The monoisotopic (exact) mass is 371 g/mol. The summed E-state index contributed by atoms with van der Waals surface area (Å²) in [4.78, 5) is 16.2. The number of benzene rings is 2. The summed E-state index contributed by atoms with van der Waals surface area (Å²) in [5.74, 6) is -0.737.